The van der Waals surface area contributed by atoms with E-state index in [1.54, 1.807) is 0 Å². The van der Waals surface area contributed by atoms with Crippen molar-refractivity contribution in [2.45, 2.75) is 31.3 Å². The van der Waals surface area contributed by atoms with E-state index < -0.39 is 30.3 Å². The molecule has 0 aliphatic carbocycles. The fourth-order valence-corrected chi connectivity index (χ4v) is 2.95. The number of hydrogen-bond acceptors (Lipinski definition) is 7. The molecule has 5 N–H and O–H groups in total. The van der Waals surface area contributed by atoms with Crippen LogP contribution in [-0.2, 0) is 9.53 Å². The van der Waals surface area contributed by atoms with Gasteiger partial charge in [0.25, 0.3) is 5.91 Å². The standard InChI is InChI=1S/C11H15N3O5S/c1-4(16)13-7-6(2-15)19-9(8(7)17)11-14-5(3-20-11)10(12)18/h3,6-9,15,17H,2H2,1H3,(H2,12,18)(H,13,16)/t6-,7+,8-,9-/m1/s1. The first-order valence-electron chi connectivity index (χ1n) is 5.90. The molecule has 110 valence electrons. The normalized spacial score (nSPS) is 29.4. The highest BCUT2D eigenvalue weighted by Gasteiger charge is 2.45. The number of aliphatic hydroxyl groups excluding tert-OH is 2. The highest BCUT2D eigenvalue weighted by Crippen LogP contribution is 2.35. The van der Waals surface area contributed by atoms with Gasteiger partial charge < -0.3 is 26.0 Å². The summed E-state index contributed by atoms with van der Waals surface area (Å²) in [4.78, 5) is 26.1. The number of nitrogens with zero attached hydrogens (tertiary/aromatic N) is 1. The quantitative estimate of drug-likeness (QED) is 0.537. The van der Waals surface area contributed by atoms with Gasteiger partial charge in [-0.05, 0) is 0 Å². The van der Waals surface area contributed by atoms with E-state index in [4.69, 9.17) is 10.5 Å². The zero-order valence-corrected chi connectivity index (χ0v) is 11.5. The van der Waals surface area contributed by atoms with Crippen molar-refractivity contribution in [3.63, 3.8) is 0 Å². The molecule has 2 rings (SSSR count). The zero-order valence-electron chi connectivity index (χ0n) is 10.6. The van der Waals surface area contributed by atoms with Gasteiger partial charge in [-0.25, -0.2) is 4.98 Å². The molecular weight excluding hydrogens is 286 g/mol. The fourth-order valence-electron chi connectivity index (χ4n) is 2.07. The summed E-state index contributed by atoms with van der Waals surface area (Å²) in [6.45, 7) is 0.954. The molecule has 1 fully saturated rings. The van der Waals surface area contributed by atoms with E-state index >= 15 is 0 Å². The SMILES string of the molecule is CC(=O)N[C@@H]1[C@@H](O)[C@H](c2nc(C(N)=O)cs2)O[C@@H]1CO. The van der Waals surface area contributed by atoms with Crippen LogP contribution >= 0.6 is 11.3 Å². The molecule has 1 saturated heterocycles. The summed E-state index contributed by atoms with van der Waals surface area (Å²) >= 11 is 1.12. The Morgan fingerprint density at radius 1 is 1.60 bits per heavy atom. The molecule has 1 aliphatic rings. The number of aliphatic hydroxyl groups is 2. The summed E-state index contributed by atoms with van der Waals surface area (Å²) < 4.78 is 5.50. The molecule has 0 radical (unpaired) electrons. The topological polar surface area (TPSA) is 135 Å². The highest BCUT2D eigenvalue weighted by molar-refractivity contribution is 7.09. The number of amides is 2. The Kier molecular flexibility index (Phi) is 4.33. The molecule has 4 atom stereocenters. The monoisotopic (exact) mass is 301 g/mol. The van der Waals surface area contributed by atoms with Crippen LogP contribution in [0.3, 0.4) is 0 Å². The second kappa shape index (κ2) is 5.83. The molecule has 0 unspecified atom stereocenters. The van der Waals surface area contributed by atoms with E-state index in [1.165, 1.54) is 12.3 Å². The molecule has 1 aromatic rings. The van der Waals surface area contributed by atoms with E-state index in [0.29, 0.717) is 5.01 Å². The number of carbonyl (C=O) groups is 2. The number of nitrogens with one attached hydrogen (secondary N) is 1. The predicted molar refractivity (Wildman–Crippen MR) is 68.9 cm³/mol. The average molecular weight is 301 g/mol. The molecule has 1 aliphatic heterocycles. The Bertz CT molecular complexity index is 520. The van der Waals surface area contributed by atoms with Gasteiger partial charge in [-0.2, -0.15) is 0 Å². The zero-order chi connectivity index (χ0) is 14.9. The Hall–Kier alpha value is -1.55. The lowest BCUT2D eigenvalue weighted by atomic mass is 10.1. The van der Waals surface area contributed by atoms with Gasteiger partial charge in [-0.15, -0.1) is 11.3 Å². The molecule has 1 aromatic heterocycles. The number of thiazole rings is 1. The van der Waals surface area contributed by atoms with Gasteiger partial charge in [0.2, 0.25) is 5.91 Å². The van der Waals surface area contributed by atoms with Crippen molar-refractivity contribution in [2.24, 2.45) is 5.73 Å². The third-order valence-electron chi connectivity index (χ3n) is 2.97. The highest BCUT2D eigenvalue weighted by atomic mass is 32.1. The molecule has 20 heavy (non-hydrogen) atoms. The Morgan fingerprint density at radius 2 is 2.30 bits per heavy atom. The Morgan fingerprint density at radius 3 is 2.80 bits per heavy atom. The number of rotatable bonds is 4. The van der Waals surface area contributed by atoms with E-state index in [2.05, 4.69) is 10.3 Å². The smallest absolute Gasteiger partial charge is 0.268 e. The Balaban J connectivity index is 2.20. The second-order valence-electron chi connectivity index (χ2n) is 4.43. The maximum Gasteiger partial charge on any atom is 0.268 e. The van der Waals surface area contributed by atoms with Crippen molar-refractivity contribution in [3.05, 3.63) is 16.1 Å². The van der Waals surface area contributed by atoms with Gasteiger partial charge in [0.1, 0.15) is 29.0 Å². The lowest BCUT2D eigenvalue weighted by molar-refractivity contribution is -0.120. The van der Waals surface area contributed by atoms with Crippen LogP contribution in [0.15, 0.2) is 5.38 Å². The van der Waals surface area contributed by atoms with Crippen molar-refractivity contribution in [2.75, 3.05) is 6.61 Å². The molecule has 8 nitrogen and oxygen atoms in total. The van der Waals surface area contributed by atoms with Crippen LogP contribution in [-0.4, -0.2) is 51.9 Å². The van der Waals surface area contributed by atoms with E-state index in [-0.39, 0.29) is 18.2 Å². The minimum absolute atomic E-state index is 0.0873. The molecule has 2 amide bonds. The molecule has 0 bridgehead atoms. The van der Waals surface area contributed by atoms with Crippen LogP contribution in [0.2, 0.25) is 0 Å². The third kappa shape index (κ3) is 2.80. The van der Waals surface area contributed by atoms with E-state index in [9.17, 15) is 19.8 Å². The maximum atomic E-state index is 11.1. The van der Waals surface area contributed by atoms with Gasteiger partial charge in [-0.1, -0.05) is 0 Å². The van der Waals surface area contributed by atoms with Gasteiger partial charge >= 0.3 is 0 Å². The van der Waals surface area contributed by atoms with Gasteiger partial charge in [-0.3, -0.25) is 9.59 Å². The first-order valence-corrected chi connectivity index (χ1v) is 6.78. The van der Waals surface area contributed by atoms with E-state index in [1.807, 2.05) is 0 Å². The largest absolute Gasteiger partial charge is 0.394 e. The first kappa shape index (κ1) is 14.9. The van der Waals surface area contributed by atoms with Gasteiger partial charge in [0.15, 0.2) is 0 Å². The minimum Gasteiger partial charge on any atom is -0.394 e. The molecule has 0 spiro atoms. The summed E-state index contributed by atoms with van der Waals surface area (Å²) in [7, 11) is 0. The van der Waals surface area contributed by atoms with Crippen LogP contribution in [0.1, 0.15) is 28.5 Å². The van der Waals surface area contributed by atoms with Crippen molar-refractivity contribution < 1.29 is 24.5 Å². The number of primary amides is 1. The number of ether oxygens (including phenoxy) is 1. The molecule has 0 saturated carbocycles. The molecule has 9 heteroatoms. The molecular formula is C11H15N3O5S. The van der Waals surface area contributed by atoms with Crippen LogP contribution in [0, 0.1) is 0 Å². The number of hydrogen-bond donors (Lipinski definition) is 4. The molecule has 0 aromatic carbocycles. The van der Waals surface area contributed by atoms with Crippen molar-refractivity contribution >= 4 is 23.2 Å². The summed E-state index contributed by atoms with van der Waals surface area (Å²) in [5, 5.41) is 23.8. The Labute approximate surface area is 118 Å². The number of nitrogens with two attached hydrogens (primary N) is 1. The van der Waals surface area contributed by atoms with Crippen LogP contribution in [0.5, 0.6) is 0 Å². The summed E-state index contributed by atoms with van der Waals surface area (Å²) in [5.41, 5.74) is 5.20. The van der Waals surface area contributed by atoms with Crippen molar-refractivity contribution in [1.82, 2.24) is 10.3 Å². The van der Waals surface area contributed by atoms with Crippen LogP contribution in [0.4, 0.5) is 0 Å². The lowest BCUT2D eigenvalue weighted by Crippen LogP contribution is -2.47. The van der Waals surface area contributed by atoms with Gasteiger partial charge in [0, 0.05) is 12.3 Å². The maximum absolute atomic E-state index is 11.1. The second-order valence-corrected chi connectivity index (χ2v) is 5.32. The first-order chi connectivity index (χ1) is 9.43. The fraction of sp³-hybridized carbons (Fsp3) is 0.545. The van der Waals surface area contributed by atoms with Crippen molar-refractivity contribution in [1.29, 1.82) is 0 Å². The van der Waals surface area contributed by atoms with Gasteiger partial charge in [0.05, 0.1) is 12.6 Å². The third-order valence-corrected chi connectivity index (χ3v) is 3.87. The summed E-state index contributed by atoms with van der Waals surface area (Å²) in [5.74, 6) is -1.01. The van der Waals surface area contributed by atoms with Crippen LogP contribution in [0.25, 0.3) is 0 Å². The predicted octanol–water partition coefficient (Wildman–Crippen LogP) is -1.46. The van der Waals surface area contributed by atoms with Crippen molar-refractivity contribution in [3.8, 4) is 0 Å². The van der Waals surface area contributed by atoms with E-state index in [0.717, 1.165) is 11.3 Å². The minimum atomic E-state index is -1.07. The summed E-state index contributed by atoms with van der Waals surface area (Å²) in [6.07, 6.45) is -2.62. The number of carbonyl (C=O) groups excluding carboxylic acids is 2. The molecule has 2 heterocycles. The number of aromatic nitrogens is 1. The lowest BCUT2D eigenvalue weighted by Gasteiger charge is -2.19. The summed E-state index contributed by atoms with van der Waals surface area (Å²) in [6, 6.07) is -0.733. The van der Waals surface area contributed by atoms with Crippen LogP contribution < -0.4 is 11.1 Å². The average Bonchev–Trinajstić information content (AvgIpc) is 2.96.